The maximum Gasteiger partial charge on any atom is 0.224 e. The van der Waals surface area contributed by atoms with Crippen molar-refractivity contribution in [1.29, 1.82) is 0 Å². The first-order valence-corrected chi connectivity index (χ1v) is 12.0. The Hall–Kier alpha value is -1.84. The van der Waals surface area contributed by atoms with Crippen molar-refractivity contribution in [2.24, 2.45) is 0 Å². The summed E-state index contributed by atoms with van der Waals surface area (Å²) in [4.78, 5) is 25.2. The minimum Gasteiger partial charge on any atom is -0.324 e. The van der Waals surface area contributed by atoms with Crippen molar-refractivity contribution < 1.29 is 9.59 Å². The van der Waals surface area contributed by atoms with Gasteiger partial charge in [-0.25, -0.2) is 0 Å². The van der Waals surface area contributed by atoms with Crippen molar-refractivity contribution in [1.82, 2.24) is 0 Å². The van der Waals surface area contributed by atoms with Crippen molar-refractivity contribution >= 4 is 23.2 Å². The average Bonchev–Trinajstić information content (AvgIpc) is 2.72. The van der Waals surface area contributed by atoms with E-state index in [1.807, 2.05) is 13.8 Å². The number of hydrogen-bond acceptors (Lipinski definition) is 2. The Balaban J connectivity index is 2.84. The number of hydrogen-bond donors (Lipinski definition) is 2. The van der Waals surface area contributed by atoms with Gasteiger partial charge in [0.2, 0.25) is 11.8 Å². The molecule has 30 heavy (non-hydrogen) atoms. The van der Waals surface area contributed by atoms with Gasteiger partial charge < -0.3 is 10.6 Å². The monoisotopic (exact) mass is 416 g/mol. The molecule has 0 radical (unpaired) electrons. The van der Waals surface area contributed by atoms with Crippen LogP contribution in [-0.4, -0.2) is 11.8 Å². The summed E-state index contributed by atoms with van der Waals surface area (Å²) in [6.07, 6.45) is 12.3. The summed E-state index contributed by atoms with van der Waals surface area (Å²) in [7, 11) is 0. The minimum absolute atomic E-state index is 0.0346. The molecule has 170 valence electrons. The molecule has 0 saturated heterocycles. The van der Waals surface area contributed by atoms with Gasteiger partial charge in [0, 0.05) is 12.8 Å². The topological polar surface area (TPSA) is 58.2 Å². The van der Waals surface area contributed by atoms with Crippen molar-refractivity contribution in [3.63, 3.8) is 0 Å². The fraction of sp³-hybridized carbons (Fsp3) is 0.692. The first kappa shape index (κ1) is 26.2. The van der Waals surface area contributed by atoms with Crippen LogP contribution in [-0.2, 0) is 9.59 Å². The number of rotatable bonds is 14. The van der Waals surface area contributed by atoms with Crippen LogP contribution in [0.2, 0.25) is 0 Å². The Morgan fingerprint density at radius 1 is 0.533 bits per heavy atom. The van der Waals surface area contributed by atoms with E-state index in [1.54, 1.807) is 0 Å². The highest BCUT2D eigenvalue weighted by atomic mass is 16.2. The van der Waals surface area contributed by atoms with Crippen LogP contribution in [0, 0.1) is 27.7 Å². The molecule has 2 amide bonds. The van der Waals surface area contributed by atoms with Gasteiger partial charge in [0.25, 0.3) is 0 Å². The quantitative estimate of drug-likeness (QED) is 0.308. The third-order valence-corrected chi connectivity index (χ3v) is 6.23. The number of carbonyl (C=O) groups excluding carboxylic acids is 2. The lowest BCUT2D eigenvalue weighted by atomic mass is 9.95. The van der Waals surface area contributed by atoms with Gasteiger partial charge in [0.1, 0.15) is 0 Å². The van der Waals surface area contributed by atoms with Crippen LogP contribution in [0.1, 0.15) is 113 Å². The van der Waals surface area contributed by atoms with E-state index in [0.717, 1.165) is 48.2 Å². The highest BCUT2D eigenvalue weighted by Crippen LogP contribution is 2.35. The number of anilines is 2. The smallest absolute Gasteiger partial charge is 0.224 e. The Kier molecular flexibility index (Phi) is 12.4. The first-order valence-electron chi connectivity index (χ1n) is 12.0. The lowest BCUT2D eigenvalue weighted by molar-refractivity contribution is -0.117. The molecule has 0 unspecified atom stereocenters. The second-order valence-electron chi connectivity index (χ2n) is 8.67. The molecule has 0 aliphatic carbocycles. The zero-order valence-corrected chi connectivity index (χ0v) is 20.3. The molecular weight excluding hydrogens is 372 g/mol. The van der Waals surface area contributed by atoms with Gasteiger partial charge in [-0.2, -0.15) is 0 Å². The number of unbranched alkanes of at least 4 members (excludes halogenated alkanes) is 8. The molecule has 0 aliphatic rings. The lowest BCUT2D eigenvalue weighted by Gasteiger charge is -2.22. The maximum absolute atomic E-state index is 12.6. The van der Waals surface area contributed by atoms with Crippen LogP contribution in [0.15, 0.2) is 0 Å². The van der Waals surface area contributed by atoms with Crippen LogP contribution < -0.4 is 10.6 Å². The van der Waals surface area contributed by atoms with Gasteiger partial charge in [-0.15, -0.1) is 0 Å². The summed E-state index contributed by atoms with van der Waals surface area (Å²) in [6.45, 7) is 12.6. The molecule has 4 nitrogen and oxygen atoms in total. The highest BCUT2D eigenvalue weighted by molar-refractivity contribution is 6.02. The molecule has 0 heterocycles. The van der Waals surface area contributed by atoms with Gasteiger partial charge in [-0.05, 0) is 62.8 Å². The van der Waals surface area contributed by atoms with E-state index < -0.39 is 0 Å². The minimum atomic E-state index is 0.0346. The molecule has 1 aromatic rings. The Morgan fingerprint density at radius 2 is 0.867 bits per heavy atom. The van der Waals surface area contributed by atoms with E-state index in [1.165, 1.54) is 49.7 Å². The van der Waals surface area contributed by atoms with Gasteiger partial charge in [-0.3, -0.25) is 9.59 Å². The van der Waals surface area contributed by atoms with Crippen molar-refractivity contribution in [2.45, 2.75) is 119 Å². The van der Waals surface area contributed by atoms with Crippen molar-refractivity contribution in [3.8, 4) is 0 Å². The SMILES string of the molecule is CCCCCCCC(=O)Nc1c(C)c(C)c(C)c(C)c1NC(=O)CCCCCCC. The molecule has 0 spiro atoms. The summed E-state index contributed by atoms with van der Waals surface area (Å²) < 4.78 is 0. The maximum atomic E-state index is 12.6. The molecule has 0 fully saturated rings. The van der Waals surface area contributed by atoms with Gasteiger partial charge >= 0.3 is 0 Å². The number of benzene rings is 1. The number of amides is 2. The largest absolute Gasteiger partial charge is 0.324 e. The van der Waals surface area contributed by atoms with Crippen LogP contribution in [0.25, 0.3) is 0 Å². The lowest BCUT2D eigenvalue weighted by Crippen LogP contribution is -2.19. The summed E-state index contributed by atoms with van der Waals surface area (Å²) in [5.41, 5.74) is 5.96. The molecule has 2 N–H and O–H groups in total. The zero-order chi connectivity index (χ0) is 22.5. The molecule has 0 aliphatic heterocycles. The summed E-state index contributed by atoms with van der Waals surface area (Å²) in [6, 6.07) is 0. The Labute approximate surface area is 184 Å². The molecule has 0 aromatic heterocycles. The van der Waals surface area contributed by atoms with E-state index in [2.05, 4.69) is 38.3 Å². The van der Waals surface area contributed by atoms with E-state index in [0.29, 0.717) is 12.8 Å². The van der Waals surface area contributed by atoms with Crippen LogP contribution in [0.3, 0.4) is 0 Å². The van der Waals surface area contributed by atoms with E-state index >= 15 is 0 Å². The van der Waals surface area contributed by atoms with Crippen LogP contribution in [0.5, 0.6) is 0 Å². The van der Waals surface area contributed by atoms with Gasteiger partial charge in [0.15, 0.2) is 0 Å². The van der Waals surface area contributed by atoms with Gasteiger partial charge in [0.05, 0.1) is 11.4 Å². The molecule has 1 rings (SSSR count). The Bertz CT molecular complexity index is 636. The van der Waals surface area contributed by atoms with Crippen LogP contribution >= 0.6 is 0 Å². The second-order valence-corrected chi connectivity index (χ2v) is 8.67. The molecule has 0 saturated carbocycles. The summed E-state index contributed by atoms with van der Waals surface area (Å²) in [5, 5.41) is 6.23. The van der Waals surface area contributed by atoms with Crippen molar-refractivity contribution in [3.05, 3.63) is 22.3 Å². The second kappa shape index (κ2) is 14.2. The van der Waals surface area contributed by atoms with E-state index in [4.69, 9.17) is 0 Å². The third kappa shape index (κ3) is 8.49. The Morgan fingerprint density at radius 3 is 1.20 bits per heavy atom. The number of carbonyl (C=O) groups is 2. The predicted octanol–water partition coefficient (Wildman–Crippen LogP) is 7.52. The average molecular weight is 417 g/mol. The van der Waals surface area contributed by atoms with Gasteiger partial charge in [-0.1, -0.05) is 65.2 Å². The molecule has 0 atom stereocenters. The predicted molar refractivity (Wildman–Crippen MR) is 129 cm³/mol. The van der Waals surface area contributed by atoms with E-state index in [-0.39, 0.29) is 11.8 Å². The normalized spacial score (nSPS) is 10.9. The van der Waals surface area contributed by atoms with Crippen LogP contribution in [0.4, 0.5) is 11.4 Å². The molecular formula is C26H44N2O2. The number of nitrogens with one attached hydrogen (secondary N) is 2. The molecule has 4 heteroatoms. The molecule has 1 aromatic carbocycles. The first-order chi connectivity index (χ1) is 14.3. The zero-order valence-electron chi connectivity index (χ0n) is 20.3. The summed E-state index contributed by atoms with van der Waals surface area (Å²) >= 11 is 0. The standard InChI is InChI=1S/C26H44N2O2/c1-7-9-11-13-15-17-23(29)27-25-21(5)19(3)20(4)22(6)26(25)28-24(30)18-16-14-12-10-8-2/h7-18H2,1-6H3,(H,27,29)(H,28,30). The third-order valence-electron chi connectivity index (χ3n) is 6.23. The highest BCUT2D eigenvalue weighted by Gasteiger charge is 2.18. The summed E-state index contributed by atoms with van der Waals surface area (Å²) in [5.74, 6) is 0.0691. The van der Waals surface area contributed by atoms with E-state index in [9.17, 15) is 9.59 Å². The molecule has 0 bridgehead atoms. The fourth-order valence-corrected chi connectivity index (χ4v) is 3.81. The fourth-order valence-electron chi connectivity index (χ4n) is 3.81. The van der Waals surface area contributed by atoms with Crippen molar-refractivity contribution in [2.75, 3.05) is 10.6 Å².